The molecule has 1 aliphatic rings. The largest absolute Gasteiger partial charge is 0.377 e. The minimum Gasteiger partial charge on any atom is -0.339 e. The molecule has 0 unspecified atom stereocenters. The lowest BCUT2D eigenvalue weighted by atomic mass is 9.80. The number of ketones is 1. The molecule has 1 aliphatic carbocycles. The van der Waals surface area contributed by atoms with E-state index in [2.05, 4.69) is 10.1 Å². The molecule has 1 aromatic heterocycles. The van der Waals surface area contributed by atoms with Gasteiger partial charge in [-0.05, 0) is 30.1 Å². The second kappa shape index (κ2) is 5.77. The maximum atomic E-state index is 12.1. The molecule has 124 valence electrons. The highest BCUT2D eigenvalue weighted by Crippen LogP contribution is 2.29. The van der Waals surface area contributed by atoms with Gasteiger partial charge in [-0.1, -0.05) is 25.9 Å². The van der Waals surface area contributed by atoms with Gasteiger partial charge in [0.05, 0.1) is 6.33 Å². The number of hydrogen-bond acceptors (Lipinski definition) is 6. The number of carbonyl (C=O) groups is 1. The Morgan fingerprint density at radius 1 is 1.26 bits per heavy atom. The predicted molar refractivity (Wildman–Crippen MR) is 85.2 cm³/mol. The minimum atomic E-state index is -4.09. The Morgan fingerprint density at radius 2 is 1.91 bits per heavy atom. The first-order chi connectivity index (χ1) is 10.5. The van der Waals surface area contributed by atoms with E-state index in [-0.39, 0.29) is 16.2 Å². The SMILES string of the molecule is CC1=CC(=O)C(C(C)(C)C)=C/C1=N\OS(=O)(=O)c1cn(C)cn1. The molecule has 0 N–H and O–H groups in total. The van der Waals surface area contributed by atoms with E-state index < -0.39 is 10.1 Å². The zero-order valence-corrected chi connectivity index (χ0v) is 14.5. The summed E-state index contributed by atoms with van der Waals surface area (Å²) in [6, 6.07) is 0. The Bertz CT molecular complexity index is 836. The fourth-order valence-corrected chi connectivity index (χ4v) is 2.73. The van der Waals surface area contributed by atoms with Crippen molar-refractivity contribution >= 4 is 21.6 Å². The van der Waals surface area contributed by atoms with Crippen LogP contribution in [0.3, 0.4) is 0 Å². The quantitative estimate of drug-likeness (QED) is 0.621. The molecule has 0 bridgehead atoms. The Hall–Kier alpha value is -2.22. The van der Waals surface area contributed by atoms with E-state index in [0.717, 1.165) is 0 Å². The molecule has 1 heterocycles. The van der Waals surface area contributed by atoms with Gasteiger partial charge in [-0.15, -0.1) is 0 Å². The van der Waals surface area contributed by atoms with Gasteiger partial charge in [-0.25, -0.2) is 4.98 Å². The van der Waals surface area contributed by atoms with E-state index in [1.54, 1.807) is 20.0 Å². The van der Waals surface area contributed by atoms with Crippen LogP contribution in [-0.4, -0.2) is 29.5 Å². The fraction of sp³-hybridized carbons (Fsp3) is 0.400. The van der Waals surface area contributed by atoms with E-state index >= 15 is 0 Å². The average Bonchev–Trinajstić information content (AvgIpc) is 2.83. The van der Waals surface area contributed by atoms with Gasteiger partial charge in [0.15, 0.2) is 5.78 Å². The Balaban J connectivity index is 2.33. The topological polar surface area (TPSA) is 90.6 Å². The van der Waals surface area contributed by atoms with Gasteiger partial charge in [-0.2, -0.15) is 8.42 Å². The number of oxime groups is 1. The Kier molecular flexibility index (Phi) is 4.30. The molecule has 0 radical (unpaired) electrons. The highest BCUT2D eigenvalue weighted by molar-refractivity contribution is 7.86. The standard InChI is InChI=1S/C15H19N3O4S/c1-10-6-13(19)11(15(2,3)4)7-12(10)17-22-23(20,21)14-8-18(5)9-16-14/h6-9H,1-5H3/b17-12+. The maximum absolute atomic E-state index is 12.1. The molecule has 0 amide bonds. The predicted octanol–water partition coefficient (Wildman–Crippen LogP) is 1.98. The number of rotatable bonds is 3. The van der Waals surface area contributed by atoms with Gasteiger partial charge in [0.25, 0.3) is 0 Å². The van der Waals surface area contributed by atoms with Gasteiger partial charge >= 0.3 is 10.1 Å². The first-order valence-electron chi connectivity index (χ1n) is 6.95. The number of imidazole rings is 1. The number of aryl methyl sites for hydroxylation is 1. The summed E-state index contributed by atoms with van der Waals surface area (Å²) in [4.78, 5) is 15.8. The molecule has 2 rings (SSSR count). The Labute approximate surface area is 135 Å². The monoisotopic (exact) mass is 337 g/mol. The van der Waals surface area contributed by atoms with E-state index in [1.807, 2.05) is 20.8 Å². The molecule has 0 aromatic carbocycles. The molecular weight excluding hydrogens is 318 g/mol. The van der Waals surface area contributed by atoms with Crippen molar-refractivity contribution in [1.82, 2.24) is 9.55 Å². The van der Waals surface area contributed by atoms with Crippen LogP contribution in [0.5, 0.6) is 0 Å². The molecule has 1 aromatic rings. The highest BCUT2D eigenvalue weighted by atomic mass is 32.2. The molecule has 0 saturated heterocycles. The molecule has 0 fully saturated rings. The smallest absolute Gasteiger partial charge is 0.339 e. The third kappa shape index (κ3) is 3.76. The molecule has 0 saturated carbocycles. The van der Waals surface area contributed by atoms with Crippen LogP contribution in [0.2, 0.25) is 0 Å². The average molecular weight is 337 g/mol. The first-order valence-corrected chi connectivity index (χ1v) is 8.36. The lowest BCUT2D eigenvalue weighted by Gasteiger charge is -2.23. The van der Waals surface area contributed by atoms with Crippen molar-refractivity contribution in [1.29, 1.82) is 0 Å². The zero-order valence-electron chi connectivity index (χ0n) is 13.7. The molecule has 0 atom stereocenters. The van der Waals surface area contributed by atoms with Crippen LogP contribution in [0.15, 0.2) is 46.0 Å². The van der Waals surface area contributed by atoms with Crippen molar-refractivity contribution in [2.24, 2.45) is 17.6 Å². The maximum Gasteiger partial charge on any atom is 0.377 e. The normalized spacial score (nSPS) is 18.0. The second-order valence-corrected chi connectivity index (χ2v) is 7.86. The summed E-state index contributed by atoms with van der Waals surface area (Å²) in [7, 11) is -2.44. The van der Waals surface area contributed by atoms with Gasteiger partial charge in [0, 0.05) is 18.8 Å². The van der Waals surface area contributed by atoms with Gasteiger partial charge < -0.3 is 4.57 Å². The van der Waals surface area contributed by atoms with Crippen molar-refractivity contribution in [2.75, 3.05) is 0 Å². The van der Waals surface area contributed by atoms with Crippen molar-refractivity contribution in [3.05, 3.63) is 35.8 Å². The minimum absolute atomic E-state index is 0.110. The number of aromatic nitrogens is 2. The highest BCUT2D eigenvalue weighted by Gasteiger charge is 2.27. The van der Waals surface area contributed by atoms with E-state index in [4.69, 9.17) is 4.28 Å². The lowest BCUT2D eigenvalue weighted by molar-refractivity contribution is -0.112. The molecule has 7 nitrogen and oxygen atoms in total. The lowest BCUT2D eigenvalue weighted by Crippen LogP contribution is -2.22. The van der Waals surface area contributed by atoms with Crippen molar-refractivity contribution in [3.8, 4) is 0 Å². The van der Waals surface area contributed by atoms with Crippen LogP contribution in [-0.2, 0) is 26.2 Å². The zero-order chi connectivity index (χ0) is 17.4. The first kappa shape index (κ1) is 17.1. The van der Waals surface area contributed by atoms with Gasteiger partial charge in [0.2, 0.25) is 5.03 Å². The van der Waals surface area contributed by atoms with Crippen LogP contribution in [0, 0.1) is 5.41 Å². The molecule has 0 spiro atoms. The third-order valence-corrected chi connectivity index (χ3v) is 4.27. The molecule has 8 heteroatoms. The molecule has 0 aliphatic heterocycles. The molecule has 23 heavy (non-hydrogen) atoms. The van der Waals surface area contributed by atoms with Gasteiger partial charge in [-0.3, -0.25) is 9.08 Å². The van der Waals surface area contributed by atoms with E-state index in [0.29, 0.717) is 16.9 Å². The van der Waals surface area contributed by atoms with Gasteiger partial charge in [0.1, 0.15) is 5.71 Å². The van der Waals surface area contributed by atoms with Crippen molar-refractivity contribution in [3.63, 3.8) is 0 Å². The summed E-state index contributed by atoms with van der Waals surface area (Å²) < 4.78 is 30.3. The summed E-state index contributed by atoms with van der Waals surface area (Å²) in [5.74, 6) is -0.110. The number of hydrogen-bond donors (Lipinski definition) is 0. The van der Waals surface area contributed by atoms with Crippen molar-refractivity contribution < 1.29 is 17.5 Å². The summed E-state index contributed by atoms with van der Waals surface area (Å²) in [6.45, 7) is 7.36. The van der Waals surface area contributed by atoms with Crippen LogP contribution < -0.4 is 0 Å². The van der Waals surface area contributed by atoms with E-state index in [1.165, 1.54) is 23.2 Å². The summed E-state index contributed by atoms with van der Waals surface area (Å²) in [6.07, 6.45) is 5.66. The van der Waals surface area contributed by atoms with E-state index in [9.17, 15) is 13.2 Å². The third-order valence-electron chi connectivity index (χ3n) is 3.28. The fourth-order valence-electron chi connectivity index (χ4n) is 2.00. The van der Waals surface area contributed by atoms with Crippen LogP contribution in [0.25, 0.3) is 0 Å². The van der Waals surface area contributed by atoms with Crippen LogP contribution in [0.1, 0.15) is 27.7 Å². The molecular formula is C15H19N3O4S. The van der Waals surface area contributed by atoms with Crippen LogP contribution >= 0.6 is 0 Å². The summed E-state index contributed by atoms with van der Waals surface area (Å²) in [5, 5.41) is 3.48. The number of allylic oxidation sites excluding steroid dienone is 4. The summed E-state index contributed by atoms with van der Waals surface area (Å²) >= 11 is 0. The number of carbonyl (C=O) groups excluding carboxylic acids is 1. The Morgan fingerprint density at radius 3 is 2.43 bits per heavy atom. The number of nitrogens with zero attached hydrogens (tertiary/aromatic N) is 3. The van der Waals surface area contributed by atoms with Crippen molar-refractivity contribution in [2.45, 2.75) is 32.7 Å². The summed E-state index contributed by atoms with van der Waals surface area (Å²) in [5.41, 5.74) is 1.00. The van der Waals surface area contributed by atoms with Crippen LogP contribution in [0.4, 0.5) is 0 Å². The second-order valence-electron chi connectivity index (χ2n) is 6.38.